The molecule has 52 heavy (non-hydrogen) atoms. The summed E-state index contributed by atoms with van der Waals surface area (Å²) in [4.78, 5) is 15.2. The predicted octanol–water partition coefficient (Wildman–Crippen LogP) is 12.4. The lowest BCUT2D eigenvalue weighted by Gasteiger charge is -2.25. The largest absolute Gasteiger partial charge is 0.456 e. The van der Waals surface area contributed by atoms with Crippen LogP contribution < -0.4 is 0 Å². The van der Waals surface area contributed by atoms with Crippen LogP contribution in [0, 0.1) is 0 Å². The first kappa shape index (κ1) is 30.2. The zero-order valence-electron chi connectivity index (χ0n) is 28.8. The summed E-state index contributed by atoms with van der Waals surface area (Å²) in [5.41, 5.74) is 14.3. The number of hydrogen-bond acceptors (Lipinski definition) is 4. The van der Waals surface area contributed by atoms with Crippen molar-refractivity contribution < 1.29 is 4.42 Å². The van der Waals surface area contributed by atoms with Gasteiger partial charge in [-0.1, -0.05) is 166 Å². The standard InChI is InChI=1S/C48H33N3O/c1-48(2)43-35(21-13-22-36(43)37-28-29-41-42(44(37)48)39-20-11-12-23-40(39)52-41)31-24-26-33(27-25-31)46-49-45(32-16-7-4-8-17-32)50-47(51-46)38-19-10-9-18-34(38)30-14-5-3-6-15-30/h3-29H,1-2H3. The van der Waals surface area contributed by atoms with E-state index in [1.54, 1.807) is 0 Å². The number of fused-ring (bicyclic) bond motifs is 7. The molecule has 0 atom stereocenters. The van der Waals surface area contributed by atoms with Gasteiger partial charge in [0.15, 0.2) is 17.5 Å². The lowest BCUT2D eigenvalue weighted by molar-refractivity contribution is 0.658. The molecular weight excluding hydrogens is 635 g/mol. The molecule has 246 valence electrons. The molecule has 0 unspecified atom stereocenters. The van der Waals surface area contributed by atoms with Gasteiger partial charge >= 0.3 is 0 Å². The highest BCUT2D eigenvalue weighted by Crippen LogP contribution is 2.55. The summed E-state index contributed by atoms with van der Waals surface area (Å²) >= 11 is 0. The van der Waals surface area contributed by atoms with Gasteiger partial charge in [0, 0.05) is 32.9 Å². The number of para-hydroxylation sites is 1. The molecule has 2 heterocycles. The summed E-state index contributed by atoms with van der Waals surface area (Å²) in [5.74, 6) is 1.93. The van der Waals surface area contributed by atoms with Crippen LogP contribution in [-0.4, -0.2) is 15.0 Å². The van der Waals surface area contributed by atoms with E-state index in [1.165, 1.54) is 38.6 Å². The van der Waals surface area contributed by atoms with Gasteiger partial charge in [-0.3, -0.25) is 0 Å². The molecule has 1 aliphatic rings. The fraction of sp³-hybridized carbons (Fsp3) is 0.0625. The second-order valence-electron chi connectivity index (χ2n) is 14.0. The molecule has 0 radical (unpaired) electrons. The highest BCUT2D eigenvalue weighted by molar-refractivity contribution is 6.11. The Balaban J connectivity index is 1.09. The van der Waals surface area contributed by atoms with Crippen molar-refractivity contribution in [2.24, 2.45) is 0 Å². The van der Waals surface area contributed by atoms with Gasteiger partial charge in [-0.25, -0.2) is 15.0 Å². The van der Waals surface area contributed by atoms with Crippen LogP contribution in [-0.2, 0) is 5.41 Å². The van der Waals surface area contributed by atoms with E-state index in [-0.39, 0.29) is 5.41 Å². The van der Waals surface area contributed by atoms with E-state index in [2.05, 4.69) is 129 Å². The summed E-state index contributed by atoms with van der Waals surface area (Å²) in [7, 11) is 0. The number of rotatable bonds is 5. The van der Waals surface area contributed by atoms with Crippen LogP contribution in [0.5, 0.6) is 0 Å². The molecule has 4 heteroatoms. The van der Waals surface area contributed by atoms with Crippen LogP contribution in [0.15, 0.2) is 168 Å². The smallest absolute Gasteiger partial charge is 0.164 e. The highest BCUT2D eigenvalue weighted by atomic mass is 16.3. The Morgan fingerprint density at radius 2 is 0.885 bits per heavy atom. The fourth-order valence-corrected chi connectivity index (χ4v) is 8.19. The molecule has 10 rings (SSSR count). The maximum Gasteiger partial charge on any atom is 0.164 e. The van der Waals surface area contributed by atoms with Crippen molar-refractivity contribution in [3.05, 3.63) is 175 Å². The SMILES string of the molecule is CC1(C)c2c(-c3ccc(-c4nc(-c5ccccc5)nc(-c5ccccc5-c5ccccc5)n4)cc3)cccc2-c2ccc3oc4ccccc4c3c21. The third-order valence-electron chi connectivity index (χ3n) is 10.5. The molecule has 1 aliphatic carbocycles. The molecule has 0 bridgehead atoms. The van der Waals surface area contributed by atoms with E-state index in [4.69, 9.17) is 19.4 Å². The van der Waals surface area contributed by atoms with Crippen molar-refractivity contribution in [2.45, 2.75) is 19.3 Å². The van der Waals surface area contributed by atoms with Gasteiger partial charge in [0.2, 0.25) is 0 Å². The normalized spacial score (nSPS) is 13.0. The van der Waals surface area contributed by atoms with Crippen molar-refractivity contribution in [3.63, 3.8) is 0 Å². The number of nitrogens with zero attached hydrogens (tertiary/aromatic N) is 3. The second kappa shape index (κ2) is 11.7. The van der Waals surface area contributed by atoms with Crippen molar-refractivity contribution in [2.75, 3.05) is 0 Å². The van der Waals surface area contributed by atoms with Crippen molar-refractivity contribution in [1.29, 1.82) is 0 Å². The third kappa shape index (κ3) is 4.72. The van der Waals surface area contributed by atoms with E-state index < -0.39 is 0 Å². The summed E-state index contributed by atoms with van der Waals surface area (Å²) in [6.07, 6.45) is 0. The quantitative estimate of drug-likeness (QED) is 0.183. The first-order chi connectivity index (χ1) is 25.5. The minimum Gasteiger partial charge on any atom is -0.456 e. The Morgan fingerprint density at radius 3 is 1.63 bits per heavy atom. The van der Waals surface area contributed by atoms with E-state index in [0.717, 1.165) is 44.5 Å². The van der Waals surface area contributed by atoms with Crippen molar-refractivity contribution >= 4 is 21.9 Å². The zero-order chi connectivity index (χ0) is 34.8. The number of benzene rings is 7. The summed E-state index contributed by atoms with van der Waals surface area (Å²) in [6, 6.07) is 57.0. The van der Waals surface area contributed by atoms with Gasteiger partial charge in [-0.15, -0.1) is 0 Å². The van der Waals surface area contributed by atoms with Gasteiger partial charge in [0.05, 0.1) is 0 Å². The minimum absolute atomic E-state index is 0.244. The lowest BCUT2D eigenvalue weighted by atomic mass is 9.77. The van der Waals surface area contributed by atoms with E-state index >= 15 is 0 Å². The Hall–Kier alpha value is -6.65. The highest BCUT2D eigenvalue weighted by Gasteiger charge is 2.40. The second-order valence-corrected chi connectivity index (χ2v) is 14.0. The van der Waals surface area contributed by atoms with Gasteiger partial charge in [-0.2, -0.15) is 0 Å². The molecule has 0 spiro atoms. The molecule has 0 saturated carbocycles. The van der Waals surface area contributed by atoms with Gasteiger partial charge in [0.1, 0.15) is 11.2 Å². The average molecular weight is 668 g/mol. The Kier molecular flexibility index (Phi) is 6.80. The van der Waals surface area contributed by atoms with Crippen LogP contribution in [0.4, 0.5) is 0 Å². The minimum atomic E-state index is -0.244. The van der Waals surface area contributed by atoms with Crippen molar-refractivity contribution in [1.82, 2.24) is 15.0 Å². The van der Waals surface area contributed by atoms with Gasteiger partial charge in [0.25, 0.3) is 0 Å². The van der Waals surface area contributed by atoms with Gasteiger partial charge < -0.3 is 4.42 Å². The lowest BCUT2D eigenvalue weighted by Crippen LogP contribution is -2.16. The summed E-state index contributed by atoms with van der Waals surface area (Å²) in [6.45, 7) is 4.70. The average Bonchev–Trinajstić information content (AvgIpc) is 3.70. The number of furan rings is 1. The predicted molar refractivity (Wildman–Crippen MR) is 212 cm³/mol. The van der Waals surface area contributed by atoms with Crippen LogP contribution in [0.1, 0.15) is 25.0 Å². The van der Waals surface area contributed by atoms with E-state index in [9.17, 15) is 0 Å². The molecule has 9 aromatic rings. The first-order valence-corrected chi connectivity index (χ1v) is 17.7. The maximum atomic E-state index is 6.33. The Morgan fingerprint density at radius 1 is 0.365 bits per heavy atom. The van der Waals surface area contributed by atoms with E-state index in [0.29, 0.717) is 17.5 Å². The van der Waals surface area contributed by atoms with Crippen LogP contribution in [0.2, 0.25) is 0 Å². The number of hydrogen-bond donors (Lipinski definition) is 0. The molecule has 0 N–H and O–H groups in total. The molecular formula is C48H33N3O. The maximum absolute atomic E-state index is 6.33. The summed E-state index contributed by atoms with van der Waals surface area (Å²) < 4.78 is 6.33. The monoisotopic (exact) mass is 667 g/mol. The van der Waals surface area contributed by atoms with Gasteiger partial charge in [-0.05, 0) is 56.6 Å². The molecule has 0 saturated heterocycles. The summed E-state index contributed by atoms with van der Waals surface area (Å²) in [5, 5.41) is 2.38. The molecule has 0 aliphatic heterocycles. The van der Waals surface area contributed by atoms with E-state index in [1.807, 2.05) is 48.5 Å². The van der Waals surface area contributed by atoms with Crippen LogP contribution in [0.3, 0.4) is 0 Å². The molecule has 7 aromatic carbocycles. The molecule has 2 aromatic heterocycles. The Bertz CT molecular complexity index is 2800. The fourth-order valence-electron chi connectivity index (χ4n) is 8.19. The van der Waals surface area contributed by atoms with Crippen LogP contribution >= 0.6 is 0 Å². The zero-order valence-corrected chi connectivity index (χ0v) is 28.8. The molecule has 0 amide bonds. The first-order valence-electron chi connectivity index (χ1n) is 17.7. The van der Waals surface area contributed by atoms with Crippen molar-refractivity contribution in [3.8, 4) is 67.5 Å². The topological polar surface area (TPSA) is 51.8 Å². The Labute approximate surface area is 302 Å². The third-order valence-corrected chi connectivity index (χ3v) is 10.5. The van der Waals surface area contributed by atoms with Crippen LogP contribution in [0.25, 0.3) is 89.5 Å². The molecule has 4 nitrogen and oxygen atoms in total. The number of aromatic nitrogens is 3. The molecule has 0 fully saturated rings.